The van der Waals surface area contributed by atoms with Gasteiger partial charge in [0, 0.05) is 18.7 Å². The number of hydrogen-bond acceptors (Lipinski definition) is 3. The van der Waals surface area contributed by atoms with Crippen LogP contribution in [0.1, 0.15) is 18.1 Å². The third-order valence-corrected chi connectivity index (χ3v) is 3.20. The van der Waals surface area contributed by atoms with Gasteiger partial charge in [0.15, 0.2) is 0 Å². The van der Waals surface area contributed by atoms with Gasteiger partial charge >= 0.3 is 0 Å². The maximum atomic E-state index is 10.9. The van der Waals surface area contributed by atoms with Crippen molar-refractivity contribution in [3.05, 3.63) is 63.7 Å². The van der Waals surface area contributed by atoms with Crippen LogP contribution in [-0.2, 0) is 6.54 Å². The molecule has 0 aliphatic rings. The van der Waals surface area contributed by atoms with Crippen LogP contribution in [0.4, 0.5) is 5.69 Å². The van der Waals surface area contributed by atoms with Crippen molar-refractivity contribution in [1.82, 2.24) is 5.32 Å². The first-order valence-electron chi connectivity index (χ1n) is 6.67. The van der Waals surface area contributed by atoms with E-state index in [0.29, 0.717) is 0 Å². The Balaban J connectivity index is 2.47. The highest BCUT2D eigenvalue weighted by Crippen LogP contribution is 2.28. The van der Waals surface area contributed by atoms with E-state index < -0.39 is 0 Å². The lowest BCUT2D eigenvalue weighted by molar-refractivity contribution is -0.384. The molecule has 0 atom stereocenters. The molecule has 0 heterocycles. The molecule has 0 aliphatic carbocycles. The third kappa shape index (κ3) is 3.22. The number of nitrogens with one attached hydrogen (secondary N) is 1. The Labute approximate surface area is 118 Å². The summed E-state index contributed by atoms with van der Waals surface area (Å²) >= 11 is 0. The lowest BCUT2D eigenvalue weighted by Gasteiger charge is -2.11. The number of hydrogen-bond donors (Lipinski definition) is 1. The molecule has 0 fully saturated rings. The van der Waals surface area contributed by atoms with Crippen molar-refractivity contribution in [3.63, 3.8) is 0 Å². The van der Waals surface area contributed by atoms with Gasteiger partial charge in [-0.15, -0.1) is 0 Å². The fourth-order valence-corrected chi connectivity index (χ4v) is 2.16. The number of aryl methyl sites for hydroxylation is 1. The summed E-state index contributed by atoms with van der Waals surface area (Å²) in [5.74, 6) is 0. The second-order valence-corrected chi connectivity index (χ2v) is 4.75. The molecule has 0 saturated heterocycles. The summed E-state index contributed by atoms with van der Waals surface area (Å²) < 4.78 is 0. The summed E-state index contributed by atoms with van der Waals surface area (Å²) in [6.07, 6.45) is 0. The quantitative estimate of drug-likeness (QED) is 0.666. The zero-order valence-corrected chi connectivity index (χ0v) is 11.7. The van der Waals surface area contributed by atoms with Gasteiger partial charge in [-0.1, -0.05) is 42.8 Å². The van der Waals surface area contributed by atoms with E-state index in [0.717, 1.165) is 35.3 Å². The first kappa shape index (κ1) is 14.2. The minimum absolute atomic E-state index is 0.124. The lowest BCUT2D eigenvalue weighted by atomic mass is 9.97. The van der Waals surface area contributed by atoms with Gasteiger partial charge in [0.05, 0.1) is 4.92 Å². The van der Waals surface area contributed by atoms with E-state index in [1.54, 1.807) is 12.1 Å². The lowest BCUT2D eigenvalue weighted by Crippen LogP contribution is -2.12. The van der Waals surface area contributed by atoms with Gasteiger partial charge in [-0.3, -0.25) is 10.1 Å². The van der Waals surface area contributed by atoms with E-state index in [-0.39, 0.29) is 10.6 Å². The van der Waals surface area contributed by atoms with Gasteiger partial charge in [0.2, 0.25) is 0 Å². The Morgan fingerprint density at radius 1 is 1.20 bits per heavy atom. The largest absolute Gasteiger partial charge is 0.313 e. The molecule has 104 valence electrons. The number of nitro benzene ring substituents is 1. The first-order chi connectivity index (χ1) is 9.61. The Morgan fingerprint density at radius 2 is 2.00 bits per heavy atom. The fourth-order valence-electron chi connectivity index (χ4n) is 2.16. The van der Waals surface area contributed by atoms with Crippen molar-refractivity contribution in [2.24, 2.45) is 0 Å². The minimum Gasteiger partial charge on any atom is -0.313 e. The van der Waals surface area contributed by atoms with Crippen molar-refractivity contribution in [1.29, 1.82) is 0 Å². The number of nitrogens with zero attached hydrogens (tertiary/aromatic N) is 1. The molecule has 0 radical (unpaired) electrons. The van der Waals surface area contributed by atoms with Gasteiger partial charge in [-0.05, 0) is 30.2 Å². The van der Waals surface area contributed by atoms with Crippen LogP contribution < -0.4 is 5.32 Å². The summed E-state index contributed by atoms with van der Waals surface area (Å²) in [6.45, 7) is 5.73. The van der Waals surface area contributed by atoms with Crippen molar-refractivity contribution in [3.8, 4) is 11.1 Å². The molecule has 4 heteroatoms. The number of rotatable bonds is 5. The number of benzene rings is 2. The molecule has 0 amide bonds. The van der Waals surface area contributed by atoms with Crippen LogP contribution in [0.25, 0.3) is 11.1 Å². The molecule has 0 saturated carbocycles. The highest BCUT2D eigenvalue weighted by Gasteiger charge is 2.10. The maximum Gasteiger partial charge on any atom is 0.270 e. The van der Waals surface area contributed by atoms with Crippen molar-refractivity contribution >= 4 is 5.69 Å². The summed E-state index contributed by atoms with van der Waals surface area (Å²) in [6, 6.07) is 13.0. The van der Waals surface area contributed by atoms with Crippen LogP contribution in [-0.4, -0.2) is 11.5 Å². The van der Waals surface area contributed by atoms with E-state index in [1.807, 2.05) is 13.0 Å². The minimum atomic E-state index is -0.358. The van der Waals surface area contributed by atoms with Crippen molar-refractivity contribution in [2.75, 3.05) is 6.54 Å². The molecule has 0 aromatic heterocycles. The average molecular weight is 270 g/mol. The summed E-state index contributed by atoms with van der Waals surface area (Å²) in [4.78, 5) is 10.5. The van der Waals surface area contributed by atoms with Gasteiger partial charge in [-0.25, -0.2) is 0 Å². The van der Waals surface area contributed by atoms with Gasteiger partial charge < -0.3 is 5.32 Å². The number of non-ortho nitro benzene ring substituents is 1. The van der Waals surface area contributed by atoms with E-state index in [1.165, 1.54) is 6.07 Å². The van der Waals surface area contributed by atoms with Crippen LogP contribution in [0.5, 0.6) is 0 Å². The molecule has 0 aliphatic heterocycles. The molecule has 2 aromatic rings. The van der Waals surface area contributed by atoms with E-state index in [9.17, 15) is 10.1 Å². The normalized spacial score (nSPS) is 10.5. The van der Waals surface area contributed by atoms with Crippen LogP contribution in [0.15, 0.2) is 42.5 Å². The van der Waals surface area contributed by atoms with Gasteiger partial charge in [0.1, 0.15) is 0 Å². The summed E-state index contributed by atoms with van der Waals surface area (Å²) in [5, 5.41) is 14.2. The molecule has 0 spiro atoms. The van der Waals surface area contributed by atoms with Crippen LogP contribution >= 0.6 is 0 Å². The highest BCUT2D eigenvalue weighted by atomic mass is 16.6. The Kier molecular flexibility index (Phi) is 4.48. The molecule has 0 bridgehead atoms. The second-order valence-electron chi connectivity index (χ2n) is 4.75. The molecule has 4 nitrogen and oxygen atoms in total. The smallest absolute Gasteiger partial charge is 0.270 e. The SMILES string of the molecule is CCNCc1ccc(C)cc1-c1cccc([N+](=O)[O-])c1. The molecule has 0 unspecified atom stereocenters. The average Bonchev–Trinajstić information content (AvgIpc) is 2.46. The molecule has 2 aromatic carbocycles. The van der Waals surface area contributed by atoms with Crippen LogP contribution in [0, 0.1) is 17.0 Å². The van der Waals surface area contributed by atoms with Crippen LogP contribution in [0.2, 0.25) is 0 Å². The monoisotopic (exact) mass is 270 g/mol. The molecule has 1 N–H and O–H groups in total. The molecular weight excluding hydrogens is 252 g/mol. The molecular formula is C16H18N2O2. The molecule has 2 rings (SSSR count). The predicted molar refractivity (Wildman–Crippen MR) is 80.7 cm³/mol. The second kappa shape index (κ2) is 6.30. The summed E-state index contributed by atoms with van der Waals surface area (Å²) in [7, 11) is 0. The topological polar surface area (TPSA) is 55.2 Å². The fraction of sp³-hybridized carbons (Fsp3) is 0.250. The zero-order valence-electron chi connectivity index (χ0n) is 11.7. The van der Waals surface area contributed by atoms with Gasteiger partial charge in [-0.2, -0.15) is 0 Å². The predicted octanol–water partition coefficient (Wildman–Crippen LogP) is 3.68. The first-order valence-corrected chi connectivity index (χ1v) is 6.67. The number of nitro groups is 1. The Hall–Kier alpha value is -2.20. The van der Waals surface area contributed by atoms with Crippen molar-refractivity contribution < 1.29 is 4.92 Å². The van der Waals surface area contributed by atoms with Crippen LogP contribution in [0.3, 0.4) is 0 Å². The van der Waals surface area contributed by atoms with E-state index in [4.69, 9.17) is 0 Å². The summed E-state index contributed by atoms with van der Waals surface area (Å²) in [5.41, 5.74) is 4.36. The zero-order chi connectivity index (χ0) is 14.5. The standard InChI is InChI=1S/C16H18N2O2/c1-3-17-11-14-8-7-12(2)9-16(14)13-5-4-6-15(10-13)18(19)20/h4-10,17H,3,11H2,1-2H3. The Morgan fingerprint density at radius 3 is 2.70 bits per heavy atom. The van der Waals surface area contributed by atoms with E-state index in [2.05, 4.69) is 30.4 Å². The maximum absolute atomic E-state index is 10.9. The Bertz CT molecular complexity index is 624. The van der Waals surface area contributed by atoms with Gasteiger partial charge in [0.25, 0.3) is 5.69 Å². The molecule has 20 heavy (non-hydrogen) atoms. The van der Waals surface area contributed by atoms with Crippen molar-refractivity contribution in [2.45, 2.75) is 20.4 Å². The highest BCUT2D eigenvalue weighted by molar-refractivity contribution is 5.70. The third-order valence-electron chi connectivity index (χ3n) is 3.20. The van der Waals surface area contributed by atoms with E-state index >= 15 is 0 Å².